The van der Waals surface area contributed by atoms with E-state index >= 15 is 0 Å². The molecule has 20 heavy (non-hydrogen) atoms. The molecule has 2 aromatic heterocycles. The summed E-state index contributed by atoms with van der Waals surface area (Å²) >= 11 is 0. The molecule has 0 unspecified atom stereocenters. The highest BCUT2D eigenvalue weighted by atomic mass is 15.3. The van der Waals surface area contributed by atoms with Gasteiger partial charge < -0.3 is 5.32 Å². The first-order valence-corrected chi connectivity index (χ1v) is 7.17. The number of nitrogens with zero attached hydrogens (tertiary/aromatic N) is 3. The van der Waals surface area contributed by atoms with Gasteiger partial charge >= 0.3 is 0 Å². The highest BCUT2D eigenvalue weighted by Crippen LogP contribution is 2.19. The molecule has 0 bridgehead atoms. The maximum absolute atomic E-state index is 4.64. The Bertz CT molecular complexity index is 584. The van der Waals surface area contributed by atoms with Crippen molar-refractivity contribution in [1.82, 2.24) is 20.1 Å². The van der Waals surface area contributed by atoms with Crippen molar-refractivity contribution in [3.8, 4) is 5.69 Å². The molecule has 0 aliphatic rings. The number of pyridine rings is 1. The fourth-order valence-corrected chi connectivity index (χ4v) is 2.21. The molecule has 0 aliphatic carbocycles. The molecule has 4 nitrogen and oxygen atoms in total. The van der Waals surface area contributed by atoms with Crippen LogP contribution < -0.4 is 5.32 Å². The van der Waals surface area contributed by atoms with E-state index in [1.165, 1.54) is 16.8 Å². The fraction of sp³-hybridized carbons (Fsp3) is 0.500. The molecule has 0 aliphatic heterocycles. The van der Waals surface area contributed by atoms with Crippen LogP contribution in [-0.4, -0.2) is 21.3 Å². The molecule has 2 heterocycles. The molecule has 4 heteroatoms. The summed E-state index contributed by atoms with van der Waals surface area (Å²) in [7, 11) is 0. The fourth-order valence-electron chi connectivity index (χ4n) is 2.21. The lowest BCUT2D eigenvalue weighted by Gasteiger charge is -2.12. The second-order valence-corrected chi connectivity index (χ2v) is 5.74. The van der Waals surface area contributed by atoms with Gasteiger partial charge in [0.2, 0.25) is 0 Å². The number of aryl methyl sites for hydroxylation is 1. The van der Waals surface area contributed by atoms with Crippen molar-refractivity contribution in [2.45, 2.75) is 41.2 Å². The summed E-state index contributed by atoms with van der Waals surface area (Å²) in [5.74, 6) is 0.644. The van der Waals surface area contributed by atoms with Crippen LogP contribution in [0.1, 0.15) is 36.4 Å². The molecule has 2 aromatic rings. The Labute approximate surface area is 121 Å². The van der Waals surface area contributed by atoms with E-state index in [1.54, 1.807) is 0 Å². The number of nitrogens with one attached hydrogen (secondary N) is 1. The average Bonchev–Trinajstić information content (AvgIpc) is 2.67. The van der Waals surface area contributed by atoms with Gasteiger partial charge in [-0.3, -0.25) is 4.98 Å². The van der Waals surface area contributed by atoms with Crippen LogP contribution in [0.15, 0.2) is 18.5 Å². The zero-order valence-electron chi connectivity index (χ0n) is 13.1. The first-order valence-electron chi connectivity index (χ1n) is 7.17. The van der Waals surface area contributed by atoms with Crippen LogP contribution in [0.5, 0.6) is 0 Å². The molecule has 0 saturated heterocycles. The van der Waals surface area contributed by atoms with Gasteiger partial charge in [-0.1, -0.05) is 13.8 Å². The minimum absolute atomic E-state index is 0.644. The summed E-state index contributed by atoms with van der Waals surface area (Å²) in [6, 6.07) is 2.03. The molecule has 0 spiro atoms. The van der Waals surface area contributed by atoms with Gasteiger partial charge in [-0.2, -0.15) is 5.10 Å². The van der Waals surface area contributed by atoms with E-state index in [-0.39, 0.29) is 0 Å². The summed E-state index contributed by atoms with van der Waals surface area (Å²) in [4.78, 5) is 4.25. The predicted octanol–water partition coefficient (Wildman–Crippen LogP) is 2.94. The summed E-state index contributed by atoms with van der Waals surface area (Å²) in [6.45, 7) is 12.5. The standard InChI is InChI=1S/C16H24N4/c1-11(2)8-18-10-15-9-17-7-6-16(15)20-14(5)12(3)13(4)19-20/h6-7,9,11,18H,8,10H2,1-5H3. The van der Waals surface area contributed by atoms with E-state index in [2.05, 4.69) is 50.0 Å². The summed E-state index contributed by atoms with van der Waals surface area (Å²) < 4.78 is 2.03. The number of aromatic nitrogens is 3. The smallest absolute Gasteiger partial charge is 0.0724 e. The lowest BCUT2D eigenvalue weighted by molar-refractivity contribution is 0.550. The van der Waals surface area contributed by atoms with Crippen molar-refractivity contribution in [1.29, 1.82) is 0 Å². The van der Waals surface area contributed by atoms with Crippen molar-refractivity contribution < 1.29 is 0 Å². The molecule has 0 radical (unpaired) electrons. The maximum Gasteiger partial charge on any atom is 0.0724 e. The Kier molecular flexibility index (Phi) is 4.55. The third kappa shape index (κ3) is 3.07. The third-order valence-corrected chi connectivity index (χ3v) is 3.63. The zero-order valence-corrected chi connectivity index (χ0v) is 13.1. The zero-order chi connectivity index (χ0) is 14.7. The summed E-state index contributed by atoms with van der Waals surface area (Å²) in [6.07, 6.45) is 3.75. The van der Waals surface area contributed by atoms with E-state index in [4.69, 9.17) is 0 Å². The molecule has 1 N–H and O–H groups in total. The van der Waals surface area contributed by atoms with Gasteiger partial charge in [0, 0.05) is 30.2 Å². The summed E-state index contributed by atoms with van der Waals surface area (Å²) in [5, 5.41) is 8.12. The Hall–Kier alpha value is -1.68. The lowest BCUT2D eigenvalue weighted by atomic mass is 10.2. The highest BCUT2D eigenvalue weighted by molar-refractivity contribution is 5.41. The van der Waals surface area contributed by atoms with E-state index in [9.17, 15) is 0 Å². The van der Waals surface area contributed by atoms with Crippen LogP contribution in [0.2, 0.25) is 0 Å². The van der Waals surface area contributed by atoms with Gasteiger partial charge in [0.15, 0.2) is 0 Å². The van der Waals surface area contributed by atoms with Crippen LogP contribution in [-0.2, 0) is 6.54 Å². The van der Waals surface area contributed by atoms with Gasteiger partial charge in [-0.15, -0.1) is 0 Å². The first kappa shape index (κ1) is 14.7. The largest absolute Gasteiger partial charge is 0.312 e. The molecule has 0 saturated carbocycles. The van der Waals surface area contributed by atoms with Crippen LogP contribution >= 0.6 is 0 Å². The third-order valence-electron chi connectivity index (χ3n) is 3.63. The van der Waals surface area contributed by atoms with Crippen molar-refractivity contribution >= 4 is 0 Å². The van der Waals surface area contributed by atoms with Crippen LogP contribution in [0.4, 0.5) is 0 Å². The van der Waals surface area contributed by atoms with E-state index < -0.39 is 0 Å². The predicted molar refractivity (Wildman–Crippen MR) is 82.1 cm³/mol. The molecule has 0 atom stereocenters. The highest BCUT2D eigenvalue weighted by Gasteiger charge is 2.12. The quantitative estimate of drug-likeness (QED) is 0.910. The molecule has 2 rings (SSSR count). The topological polar surface area (TPSA) is 42.7 Å². The number of hydrogen-bond acceptors (Lipinski definition) is 3. The summed E-state index contributed by atoms with van der Waals surface area (Å²) in [5.41, 5.74) is 5.82. The first-order chi connectivity index (χ1) is 9.50. The van der Waals surface area contributed by atoms with Gasteiger partial charge in [-0.25, -0.2) is 4.68 Å². The van der Waals surface area contributed by atoms with E-state index in [0.29, 0.717) is 5.92 Å². The Morgan fingerprint density at radius 3 is 2.60 bits per heavy atom. The minimum atomic E-state index is 0.644. The normalized spacial score (nSPS) is 11.3. The second-order valence-electron chi connectivity index (χ2n) is 5.74. The monoisotopic (exact) mass is 272 g/mol. The molecule has 0 aromatic carbocycles. The molecular formula is C16H24N4. The van der Waals surface area contributed by atoms with Gasteiger partial charge in [-0.05, 0) is 44.9 Å². The van der Waals surface area contributed by atoms with Crippen LogP contribution in [0.25, 0.3) is 5.69 Å². The Morgan fingerprint density at radius 2 is 2.00 bits per heavy atom. The molecular weight excluding hydrogens is 248 g/mol. The molecule has 0 amide bonds. The number of rotatable bonds is 5. The van der Waals surface area contributed by atoms with E-state index in [1.807, 2.05) is 23.1 Å². The van der Waals surface area contributed by atoms with E-state index in [0.717, 1.165) is 24.5 Å². The molecule has 108 valence electrons. The average molecular weight is 272 g/mol. The van der Waals surface area contributed by atoms with Crippen molar-refractivity contribution in [3.63, 3.8) is 0 Å². The van der Waals surface area contributed by atoms with Crippen molar-refractivity contribution in [2.75, 3.05) is 6.54 Å². The Morgan fingerprint density at radius 1 is 1.25 bits per heavy atom. The maximum atomic E-state index is 4.64. The Balaban J connectivity index is 2.29. The molecule has 0 fully saturated rings. The SMILES string of the molecule is Cc1nn(-c2ccncc2CNCC(C)C)c(C)c1C. The second kappa shape index (κ2) is 6.18. The van der Waals surface area contributed by atoms with Crippen molar-refractivity contribution in [3.05, 3.63) is 41.0 Å². The lowest BCUT2D eigenvalue weighted by Crippen LogP contribution is -2.20. The van der Waals surface area contributed by atoms with Gasteiger partial charge in [0.1, 0.15) is 0 Å². The minimum Gasteiger partial charge on any atom is -0.312 e. The van der Waals surface area contributed by atoms with Gasteiger partial charge in [0.05, 0.1) is 11.4 Å². The van der Waals surface area contributed by atoms with Gasteiger partial charge in [0.25, 0.3) is 0 Å². The van der Waals surface area contributed by atoms with Crippen molar-refractivity contribution in [2.24, 2.45) is 5.92 Å². The number of hydrogen-bond donors (Lipinski definition) is 1. The van der Waals surface area contributed by atoms with Crippen LogP contribution in [0, 0.1) is 26.7 Å². The van der Waals surface area contributed by atoms with Crippen LogP contribution in [0.3, 0.4) is 0 Å².